The molecule has 1 heterocycles. The molecule has 0 atom stereocenters. The highest BCUT2D eigenvalue weighted by molar-refractivity contribution is 7.90. The zero-order valence-electron chi connectivity index (χ0n) is 12.5. The number of aryl methyl sites for hydroxylation is 2. The number of benzene rings is 2. The SMILES string of the molecule is Cc1cccc(C)c1CS(=O)(=O)c1ccc2c(c1)CC(=O)N2. The van der Waals surface area contributed by atoms with Gasteiger partial charge in [-0.25, -0.2) is 8.42 Å². The quantitative estimate of drug-likeness (QED) is 0.947. The van der Waals surface area contributed by atoms with Crippen molar-refractivity contribution in [2.75, 3.05) is 5.32 Å². The molecule has 0 saturated carbocycles. The van der Waals surface area contributed by atoms with Crippen LogP contribution in [0.4, 0.5) is 5.69 Å². The maximum atomic E-state index is 12.7. The molecule has 1 amide bonds. The first-order valence-corrected chi connectivity index (χ1v) is 8.73. The zero-order valence-corrected chi connectivity index (χ0v) is 13.3. The molecular weight excluding hydrogens is 298 g/mol. The van der Waals surface area contributed by atoms with E-state index in [1.807, 2.05) is 32.0 Å². The van der Waals surface area contributed by atoms with Crippen molar-refractivity contribution in [1.82, 2.24) is 0 Å². The minimum Gasteiger partial charge on any atom is -0.326 e. The van der Waals surface area contributed by atoms with Crippen LogP contribution < -0.4 is 5.32 Å². The van der Waals surface area contributed by atoms with Gasteiger partial charge >= 0.3 is 0 Å². The van der Waals surface area contributed by atoms with Gasteiger partial charge in [0.15, 0.2) is 9.84 Å². The van der Waals surface area contributed by atoms with E-state index < -0.39 is 9.84 Å². The largest absolute Gasteiger partial charge is 0.326 e. The fourth-order valence-corrected chi connectivity index (χ4v) is 4.35. The van der Waals surface area contributed by atoms with Crippen molar-refractivity contribution < 1.29 is 13.2 Å². The van der Waals surface area contributed by atoms with Gasteiger partial charge < -0.3 is 5.32 Å². The Morgan fingerprint density at radius 3 is 2.45 bits per heavy atom. The molecule has 0 fully saturated rings. The summed E-state index contributed by atoms with van der Waals surface area (Å²) in [5.74, 6) is -0.120. The topological polar surface area (TPSA) is 63.2 Å². The van der Waals surface area contributed by atoms with Crippen molar-refractivity contribution in [3.63, 3.8) is 0 Å². The first-order valence-electron chi connectivity index (χ1n) is 7.07. The van der Waals surface area contributed by atoms with Crippen LogP contribution in [0.1, 0.15) is 22.3 Å². The molecule has 0 spiro atoms. The molecule has 1 aliphatic heterocycles. The van der Waals surface area contributed by atoms with Crippen LogP contribution in [0.3, 0.4) is 0 Å². The number of amides is 1. The Labute approximate surface area is 130 Å². The second-order valence-electron chi connectivity index (χ2n) is 5.67. The number of hydrogen-bond acceptors (Lipinski definition) is 3. The molecule has 114 valence electrons. The van der Waals surface area contributed by atoms with E-state index in [0.717, 1.165) is 22.3 Å². The Bertz CT molecular complexity index is 849. The van der Waals surface area contributed by atoms with Crippen molar-refractivity contribution in [2.24, 2.45) is 0 Å². The number of sulfone groups is 1. The van der Waals surface area contributed by atoms with E-state index in [9.17, 15) is 13.2 Å². The predicted molar refractivity (Wildman–Crippen MR) is 85.6 cm³/mol. The third-order valence-corrected chi connectivity index (χ3v) is 5.68. The number of fused-ring (bicyclic) bond motifs is 1. The minimum absolute atomic E-state index is 0.0222. The second kappa shape index (κ2) is 5.25. The van der Waals surface area contributed by atoms with Gasteiger partial charge in [-0.15, -0.1) is 0 Å². The second-order valence-corrected chi connectivity index (χ2v) is 7.66. The van der Waals surface area contributed by atoms with E-state index in [0.29, 0.717) is 5.69 Å². The molecule has 0 aromatic heterocycles. The smallest absolute Gasteiger partial charge is 0.228 e. The zero-order chi connectivity index (χ0) is 15.9. The summed E-state index contributed by atoms with van der Waals surface area (Å²) in [6.07, 6.45) is 0.238. The van der Waals surface area contributed by atoms with Crippen molar-refractivity contribution in [2.45, 2.75) is 30.9 Å². The molecular formula is C17H17NO3S. The fourth-order valence-electron chi connectivity index (χ4n) is 2.75. The average molecular weight is 315 g/mol. The summed E-state index contributed by atoms with van der Waals surface area (Å²) < 4.78 is 25.4. The molecule has 0 bridgehead atoms. The molecule has 0 saturated heterocycles. The summed E-state index contributed by atoms with van der Waals surface area (Å²) in [5, 5.41) is 2.71. The molecule has 0 aliphatic carbocycles. The molecule has 3 rings (SSSR count). The Balaban J connectivity index is 1.98. The summed E-state index contributed by atoms with van der Waals surface area (Å²) in [6.45, 7) is 3.84. The Hall–Kier alpha value is -2.14. The molecule has 4 nitrogen and oxygen atoms in total. The summed E-state index contributed by atoms with van der Waals surface area (Å²) in [4.78, 5) is 11.6. The molecule has 2 aromatic rings. The van der Waals surface area contributed by atoms with E-state index in [2.05, 4.69) is 5.32 Å². The summed E-state index contributed by atoms with van der Waals surface area (Å²) in [7, 11) is -3.44. The first-order chi connectivity index (χ1) is 10.4. The van der Waals surface area contributed by atoms with Gasteiger partial charge in [-0.2, -0.15) is 0 Å². The standard InChI is InChI=1S/C17H17NO3S/c1-11-4-3-5-12(2)15(11)10-22(20,21)14-6-7-16-13(8-14)9-17(19)18-16/h3-8H,9-10H2,1-2H3,(H,18,19). The molecule has 1 N–H and O–H groups in total. The lowest BCUT2D eigenvalue weighted by atomic mass is 10.1. The van der Waals surface area contributed by atoms with Crippen LogP contribution in [0.15, 0.2) is 41.3 Å². The highest BCUT2D eigenvalue weighted by atomic mass is 32.2. The van der Waals surface area contributed by atoms with Crippen LogP contribution in [0, 0.1) is 13.8 Å². The Morgan fingerprint density at radius 2 is 1.77 bits per heavy atom. The summed E-state index contributed by atoms with van der Waals surface area (Å²) in [6, 6.07) is 10.6. The lowest BCUT2D eigenvalue weighted by molar-refractivity contribution is -0.115. The average Bonchev–Trinajstić information content (AvgIpc) is 2.82. The van der Waals surface area contributed by atoms with Gasteiger partial charge in [0.05, 0.1) is 17.1 Å². The van der Waals surface area contributed by atoms with Gasteiger partial charge in [-0.05, 0) is 54.3 Å². The van der Waals surface area contributed by atoms with Crippen LogP contribution in [0.5, 0.6) is 0 Å². The van der Waals surface area contributed by atoms with Crippen LogP contribution in [-0.2, 0) is 26.8 Å². The molecule has 22 heavy (non-hydrogen) atoms. The van der Waals surface area contributed by atoms with Crippen molar-refractivity contribution in [3.05, 3.63) is 58.7 Å². The van der Waals surface area contributed by atoms with E-state index in [1.165, 1.54) is 0 Å². The number of rotatable bonds is 3. The highest BCUT2D eigenvalue weighted by Gasteiger charge is 2.23. The van der Waals surface area contributed by atoms with Crippen LogP contribution in [-0.4, -0.2) is 14.3 Å². The number of anilines is 1. The lowest BCUT2D eigenvalue weighted by Crippen LogP contribution is -2.08. The number of carbonyl (C=O) groups is 1. The molecule has 0 radical (unpaired) electrons. The van der Waals surface area contributed by atoms with Crippen LogP contribution in [0.25, 0.3) is 0 Å². The molecule has 0 unspecified atom stereocenters. The number of nitrogens with one attached hydrogen (secondary N) is 1. The summed E-state index contributed by atoms with van der Waals surface area (Å²) in [5.41, 5.74) is 4.24. The first kappa shape index (κ1) is 14.8. The van der Waals surface area contributed by atoms with Gasteiger partial charge in [0.1, 0.15) is 0 Å². The minimum atomic E-state index is -3.44. The number of carbonyl (C=O) groups excluding carboxylic acids is 1. The van der Waals surface area contributed by atoms with Crippen molar-refractivity contribution >= 4 is 21.4 Å². The van der Waals surface area contributed by atoms with Gasteiger partial charge in [0.25, 0.3) is 0 Å². The monoisotopic (exact) mass is 315 g/mol. The summed E-state index contributed by atoms with van der Waals surface area (Å²) >= 11 is 0. The highest BCUT2D eigenvalue weighted by Crippen LogP contribution is 2.28. The lowest BCUT2D eigenvalue weighted by Gasteiger charge is -2.11. The van der Waals surface area contributed by atoms with Gasteiger partial charge in [0.2, 0.25) is 5.91 Å². The van der Waals surface area contributed by atoms with Gasteiger partial charge in [0, 0.05) is 5.69 Å². The van der Waals surface area contributed by atoms with E-state index in [4.69, 9.17) is 0 Å². The third kappa shape index (κ3) is 2.64. The fraction of sp³-hybridized carbons (Fsp3) is 0.235. The van der Waals surface area contributed by atoms with E-state index >= 15 is 0 Å². The normalized spacial score (nSPS) is 13.8. The van der Waals surface area contributed by atoms with Gasteiger partial charge in [-0.1, -0.05) is 18.2 Å². The van der Waals surface area contributed by atoms with Crippen LogP contribution in [0.2, 0.25) is 0 Å². The molecule has 2 aromatic carbocycles. The van der Waals surface area contributed by atoms with E-state index in [1.54, 1.807) is 18.2 Å². The number of hydrogen-bond donors (Lipinski definition) is 1. The van der Waals surface area contributed by atoms with Crippen LogP contribution >= 0.6 is 0 Å². The van der Waals surface area contributed by atoms with E-state index in [-0.39, 0.29) is 23.0 Å². The maximum absolute atomic E-state index is 12.7. The Morgan fingerprint density at radius 1 is 1.09 bits per heavy atom. The molecule has 1 aliphatic rings. The Kier molecular flexibility index (Phi) is 3.53. The van der Waals surface area contributed by atoms with Crippen molar-refractivity contribution in [3.8, 4) is 0 Å². The molecule has 5 heteroatoms. The maximum Gasteiger partial charge on any atom is 0.228 e. The van der Waals surface area contributed by atoms with Crippen molar-refractivity contribution in [1.29, 1.82) is 0 Å². The predicted octanol–water partition coefficient (Wildman–Crippen LogP) is 2.77. The van der Waals surface area contributed by atoms with Gasteiger partial charge in [-0.3, -0.25) is 4.79 Å². The third-order valence-electron chi connectivity index (χ3n) is 4.04.